The molecule has 1 aliphatic heterocycles. The second-order valence-electron chi connectivity index (χ2n) is 7.50. The largest absolute Gasteiger partial charge is 0.870 e. The maximum Gasteiger partial charge on any atom is 0.573 e. The van der Waals surface area contributed by atoms with Crippen LogP contribution in [-0.2, 0) is 6.54 Å². The SMILES string of the molecule is Oc1c2c(CN3CCNCC3)nc3ccccc3[n+]2nn1-c1ccc(OC(F)(F)F)cc1.[OH-]. The predicted molar refractivity (Wildman–Crippen MR) is 110 cm³/mol. The number of fused-ring (bicyclic) bond motifs is 3. The molecule has 1 aliphatic rings. The van der Waals surface area contributed by atoms with Crippen molar-refractivity contribution in [2.75, 3.05) is 26.2 Å². The van der Waals surface area contributed by atoms with Crippen molar-refractivity contribution in [3.8, 4) is 17.3 Å². The van der Waals surface area contributed by atoms with Gasteiger partial charge in [0, 0.05) is 32.7 Å². The normalized spacial score (nSPS) is 15.0. The third kappa shape index (κ3) is 4.53. The van der Waals surface area contributed by atoms with Crippen LogP contribution >= 0.6 is 0 Å². The highest BCUT2D eigenvalue weighted by atomic mass is 19.4. The number of hydrogen-bond acceptors (Lipinski definition) is 7. The van der Waals surface area contributed by atoms with Gasteiger partial charge in [-0.1, -0.05) is 21.3 Å². The predicted octanol–water partition coefficient (Wildman–Crippen LogP) is 1.99. The van der Waals surface area contributed by atoms with Gasteiger partial charge in [0.2, 0.25) is 0 Å². The molecular weight excluding hydrogens is 441 g/mol. The number of hydrogen-bond donors (Lipinski definition) is 2. The molecule has 1 fully saturated rings. The van der Waals surface area contributed by atoms with Crippen LogP contribution in [0, 0.1) is 0 Å². The minimum atomic E-state index is -4.77. The number of ether oxygens (including phenoxy) is 1. The van der Waals surface area contributed by atoms with Gasteiger partial charge >= 0.3 is 12.2 Å². The lowest BCUT2D eigenvalue weighted by Gasteiger charge is -2.26. The summed E-state index contributed by atoms with van der Waals surface area (Å²) in [5.74, 6) is -0.491. The Morgan fingerprint density at radius 1 is 1.06 bits per heavy atom. The van der Waals surface area contributed by atoms with E-state index in [1.54, 1.807) is 4.52 Å². The molecule has 0 unspecified atom stereocenters. The summed E-state index contributed by atoms with van der Waals surface area (Å²) in [6.07, 6.45) is -4.77. The number of benzene rings is 2. The maximum absolute atomic E-state index is 12.5. The molecule has 3 N–H and O–H groups in total. The van der Waals surface area contributed by atoms with Crippen LogP contribution in [0.15, 0.2) is 48.5 Å². The highest BCUT2D eigenvalue weighted by molar-refractivity contribution is 5.74. The summed E-state index contributed by atoms with van der Waals surface area (Å²) in [5.41, 5.74) is 2.95. The van der Waals surface area contributed by atoms with Gasteiger partial charge in [-0.15, -0.1) is 13.2 Å². The molecule has 2 aromatic heterocycles. The summed E-state index contributed by atoms with van der Waals surface area (Å²) in [7, 11) is 0. The average Bonchev–Trinajstić information content (AvgIpc) is 3.12. The van der Waals surface area contributed by atoms with Gasteiger partial charge in [-0.2, -0.15) is 0 Å². The Morgan fingerprint density at radius 2 is 1.76 bits per heavy atom. The van der Waals surface area contributed by atoms with Gasteiger partial charge in [0.1, 0.15) is 22.2 Å². The number of alkyl halides is 3. The van der Waals surface area contributed by atoms with Gasteiger partial charge in [0.05, 0.1) is 0 Å². The zero-order valence-electron chi connectivity index (χ0n) is 17.3. The van der Waals surface area contributed by atoms with E-state index in [0.717, 1.165) is 31.7 Å². The number of aromatic hydroxyl groups is 1. The van der Waals surface area contributed by atoms with Crippen molar-refractivity contribution < 1.29 is 33.0 Å². The van der Waals surface area contributed by atoms with E-state index in [1.807, 2.05) is 24.3 Å². The smallest absolute Gasteiger partial charge is 0.573 e. The fourth-order valence-corrected chi connectivity index (χ4v) is 3.88. The summed E-state index contributed by atoms with van der Waals surface area (Å²) in [6.45, 7) is 4.00. The van der Waals surface area contributed by atoms with Gasteiger partial charge < -0.3 is 20.6 Å². The third-order valence-electron chi connectivity index (χ3n) is 5.34. The highest BCUT2D eigenvalue weighted by Crippen LogP contribution is 2.27. The summed E-state index contributed by atoms with van der Waals surface area (Å²) in [6, 6.07) is 12.6. The Balaban J connectivity index is 0.00000259. The lowest BCUT2D eigenvalue weighted by molar-refractivity contribution is -0.556. The lowest BCUT2D eigenvalue weighted by Crippen LogP contribution is -2.43. The van der Waals surface area contributed by atoms with Crippen molar-refractivity contribution in [2.24, 2.45) is 0 Å². The standard InChI is InChI=1S/C21H19F3N6O2.H2O/c22-21(23,24)32-15-7-5-14(6-8-15)29-20(31)19-17(13-28-11-9-25-10-12-28)26-16-3-1-2-4-18(16)30(19)27-29;/h1-8,25H,9-13H2;1H2. The zero-order chi connectivity index (χ0) is 22.3. The number of nitrogens with zero attached hydrogens (tertiary/aromatic N) is 5. The number of aromatic nitrogens is 4. The van der Waals surface area contributed by atoms with Crippen LogP contribution in [0.4, 0.5) is 13.2 Å². The lowest BCUT2D eigenvalue weighted by atomic mass is 10.2. The molecule has 9 nitrogen and oxygen atoms in total. The molecule has 0 amide bonds. The second-order valence-corrected chi connectivity index (χ2v) is 7.50. The van der Waals surface area contributed by atoms with Crippen LogP contribution in [-0.4, -0.2) is 62.9 Å². The minimum Gasteiger partial charge on any atom is -0.870 e. The summed E-state index contributed by atoms with van der Waals surface area (Å²) in [4.78, 5) is 7.02. The Hall–Kier alpha value is -3.48. The number of nitrogens with one attached hydrogen (secondary N) is 1. The van der Waals surface area contributed by atoms with Crippen LogP contribution in [0.3, 0.4) is 0 Å². The summed E-state index contributed by atoms with van der Waals surface area (Å²) in [5, 5.41) is 18.9. The van der Waals surface area contributed by atoms with Gasteiger partial charge in [0.15, 0.2) is 11.2 Å². The van der Waals surface area contributed by atoms with Gasteiger partial charge in [-0.05, 0) is 36.4 Å². The summed E-state index contributed by atoms with van der Waals surface area (Å²) < 4.78 is 44.2. The molecular formula is C21H21F3N6O3. The Labute approximate surface area is 185 Å². The molecule has 2 aromatic carbocycles. The van der Waals surface area contributed by atoms with Crippen LogP contribution in [0.1, 0.15) is 5.69 Å². The van der Waals surface area contributed by atoms with E-state index in [4.69, 9.17) is 4.98 Å². The number of rotatable bonds is 4. The van der Waals surface area contributed by atoms with E-state index in [2.05, 4.69) is 20.2 Å². The zero-order valence-corrected chi connectivity index (χ0v) is 17.3. The monoisotopic (exact) mass is 462 g/mol. The Morgan fingerprint density at radius 3 is 2.45 bits per heavy atom. The van der Waals surface area contributed by atoms with E-state index in [-0.39, 0.29) is 17.1 Å². The first kappa shape index (κ1) is 22.7. The van der Waals surface area contributed by atoms with Crippen molar-refractivity contribution >= 4 is 16.6 Å². The van der Waals surface area contributed by atoms with Crippen molar-refractivity contribution in [1.82, 2.24) is 25.1 Å². The van der Waals surface area contributed by atoms with Crippen LogP contribution in [0.25, 0.3) is 22.2 Å². The number of para-hydroxylation sites is 2. The Kier molecular flexibility index (Phi) is 6.06. The van der Waals surface area contributed by atoms with E-state index in [9.17, 15) is 18.3 Å². The fourth-order valence-electron chi connectivity index (χ4n) is 3.88. The first-order valence-corrected chi connectivity index (χ1v) is 10.1. The second kappa shape index (κ2) is 8.81. The minimum absolute atomic E-state index is 0. The van der Waals surface area contributed by atoms with E-state index in [1.165, 1.54) is 28.9 Å². The first-order chi connectivity index (χ1) is 15.4. The fraction of sp³-hybridized carbons (Fsp3) is 0.286. The van der Waals surface area contributed by atoms with Crippen LogP contribution < -0.4 is 14.6 Å². The molecule has 0 spiro atoms. The van der Waals surface area contributed by atoms with Crippen LogP contribution in [0.5, 0.6) is 11.6 Å². The molecule has 0 aliphatic carbocycles. The average molecular weight is 462 g/mol. The number of halogens is 3. The topological polar surface area (TPSA) is 110 Å². The molecule has 12 heteroatoms. The van der Waals surface area contributed by atoms with Crippen molar-refractivity contribution in [1.29, 1.82) is 0 Å². The first-order valence-electron chi connectivity index (χ1n) is 10.1. The molecule has 5 rings (SSSR count). The molecule has 0 radical (unpaired) electrons. The van der Waals surface area contributed by atoms with Crippen molar-refractivity contribution in [3.63, 3.8) is 0 Å². The number of piperazine rings is 1. The van der Waals surface area contributed by atoms with Crippen molar-refractivity contribution in [2.45, 2.75) is 12.9 Å². The highest BCUT2D eigenvalue weighted by Gasteiger charge is 2.32. The van der Waals surface area contributed by atoms with Gasteiger partial charge in [-0.25, -0.2) is 4.98 Å². The maximum atomic E-state index is 12.5. The molecule has 0 bridgehead atoms. The molecule has 3 heterocycles. The quantitative estimate of drug-likeness (QED) is 0.447. The van der Waals surface area contributed by atoms with E-state index < -0.39 is 6.36 Å². The summed E-state index contributed by atoms with van der Waals surface area (Å²) >= 11 is 0. The molecule has 0 atom stereocenters. The van der Waals surface area contributed by atoms with Crippen molar-refractivity contribution in [3.05, 3.63) is 54.2 Å². The van der Waals surface area contributed by atoms with Gasteiger partial charge in [-0.3, -0.25) is 4.90 Å². The molecule has 174 valence electrons. The van der Waals surface area contributed by atoms with E-state index >= 15 is 0 Å². The van der Waals surface area contributed by atoms with Gasteiger partial charge in [0.25, 0.3) is 5.52 Å². The third-order valence-corrected chi connectivity index (χ3v) is 5.34. The molecule has 0 saturated carbocycles. The molecule has 4 aromatic rings. The van der Waals surface area contributed by atoms with E-state index in [0.29, 0.717) is 29.0 Å². The Bertz CT molecular complexity index is 1270. The molecule has 33 heavy (non-hydrogen) atoms. The van der Waals surface area contributed by atoms with Crippen LogP contribution in [0.2, 0.25) is 0 Å². The molecule has 1 saturated heterocycles.